The lowest BCUT2D eigenvalue weighted by Gasteiger charge is -2.11. The van der Waals surface area contributed by atoms with E-state index in [1.54, 1.807) is 20.9 Å². The van der Waals surface area contributed by atoms with Crippen LogP contribution in [0.2, 0.25) is 0 Å². The van der Waals surface area contributed by atoms with Crippen LogP contribution in [0, 0.1) is 25.5 Å². The van der Waals surface area contributed by atoms with Crippen molar-refractivity contribution in [3.63, 3.8) is 0 Å². The zero-order valence-corrected chi connectivity index (χ0v) is 13.8. The molecule has 0 aliphatic carbocycles. The monoisotopic (exact) mass is 379 g/mol. The first-order valence-corrected chi connectivity index (χ1v) is 8.08. The van der Waals surface area contributed by atoms with E-state index in [1.165, 1.54) is 4.68 Å². The molecule has 0 spiro atoms. The second kappa shape index (κ2) is 5.38. The smallest absolute Gasteiger partial charge is 0.266 e. The highest BCUT2D eigenvalue weighted by Gasteiger charge is 2.26. The number of sulfonamides is 1. The van der Waals surface area contributed by atoms with Crippen molar-refractivity contribution in [3.05, 3.63) is 39.6 Å². The van der Waals surface area contributed by atoms with Gasteiger partial charge in [-0.15, -0.1) is 0 Å². The minimum Gasteiger partial charge on any atom is -0.276 e. The lowest BCUT2D eigenvalue weighted by Crippen LogP contribution is -2.16. The number of nitrogens with zero attached hydrogens (tertiary/aromatic N) is 2. The molecule has 1 heterocycles. The van der Waals surface area contributed by atoms with E-state index in [4.69, 9.17) is 0 Å². The van der Waals surface area contributed by atoms with Gasteiger partial charge in [0.05, 0.1) is 17.1 Å². The van der Waals surface area contributed by atoms with Crippen LogP contribution >= 0.6 is 15.9 Å². The number of halogens is 3. The van der Waals surface area contributed by atoms with E-state index in [2.05, 4.69) is 25.8 Å². The first kappa shape index (κ1) is 15.9. The van der Waals surface area contributed by atoms with Crippen LogP contribution in [0.1, 0.15) is 11.4 Å². The summed E-state index contributed by atoms with van der Waals surface area (Å²) in [6, 6.07) is 1.41. The molecule has 1 N–H and O–H groups in total. The molecule has 1 aromatic heterocycles. The van der Waals surface area contributed by atoms with Crippen molar-refractivity contribution in [2.24, 2.45) is 7.05 Å². The largest absolute Gasteiger partial charge is 0.276 e. The summed E-state index contributed by atoms with van der Waals surface area (Å²) < 4.78 is 55.1. The van der Waals surface area contributed by atoms with E-state index in [0.717, 1.165) is 6.07 Å². The zero-order valence-electron chi connectivity index (χ0n) is 11.4. The maximum atomic E-state index is 13.8. The van der Waals surface area contributed by atoms with Crippen LogP contribution in [0.5, 0.6) is 0 Å². The molecule has 0 unspecified atom stereocenters. The van der Waals surface area contributed by atoms with Gasteiger partial charge in [0, 0.05) is 17.6 Å². The van der Waals surface area contributed by atoms with Crippen molar-refractivity contribution < 1.29 is 17.2 Å². The fraction of sp³-hybridized carbons (Fsp3) is 0.250. The maximum Gasteiger partial charge on any atom is 0.266 e. The van der Waals surface area contributed by atoms with Gasteiger partial charge >= 0.3 is 0 Å². The van der Waals surface area contributed by atoms with Gasteiger partial charge in [-0.25, -0.2) is 17.2 Å². The predicted octanol–water partition coefficient (Wildman–Crippen LogP) is 2.88. The molecule has 0 saturated carbocycles. The first-order valence-electron chi connectivity index (χ1n) is 5.81. The summed E-state index contributed by atoms with van der Waals surface area (Å²) in [5.74, 6) is -2.04. The molecule has 0 atom stereocenters. The number of benzene rings is 1. The fourth-order valence-corrected chi connectivity index (χ4v) is 4.24. The number of anilines is 1. The van der Waals surface area contributed by atoms with Crippen molar-refractivity contribution in [2.75, 3.05) is 4.72 Å². The van der Waals surface area contributed by atoms with Gasteiger partial charge in [0.25, 0.3) is 10.0 Å². The maximum absolute atomic E-state index is 13.8. The van der Waals surface area contributed by atoms with Crippen LogP contribution in [-0.2, 0) is 17.1 Å². The standard InChI is InChI=1S/C12H12BrF2N3O2S/c1-6-11(7(2)18(3)16-6)17-21(19,20)12-9(13)4-8(14)5-10(12)15/h4-5,17H,1-3H3. The summed E-state index contributed by atoms with van der Waals surface area (Å²) in [5.41, 5.74) is 1.31. The molecular formula is C12H12BrF2N3O2S. The Balaban J connectivity index is 2.54. The van der Waals surface area contributed by atoms with E-state index in [9.17, 15) is 17.2 Å². The van der Waals surface area contributed by atoms with E-state index >= 15 is 0 Å². The molecule has 21 heavy (non-hydrogen) atoms. The Morgan fingerprint density at radius 2 is 1.90 bits per heavy atom. The van der Waals surface area contributed by atoms with Crippen molar-refractivity contribution in [1.82, 2.24) is 9.78 Å². The Bertz CT molecular complexity index is 795. The van der Waals surface area contributed by atoms with Gasteiger partial charge < -0.3 is 0 Å². The average Bonchev–Trinajstić information content (AvgIpc) is 2.53. The van der Waals surface area contributed by atoms with E-state index in [-0.39, 0.29) is 10.2 Å². The minimum absolute atomic E-state index is 0.188. The molecule has 0 fully saturated rings. The van der Waals surface area contributed by atoms with E-state index in [0.29, 0.717) is 17.5 Å². The van der Waals surface area contributed by atoms with Gasteiger partial charge in [-0.1, -0.05) is 0 Å². The van der Waals surface area contributed by atoms with E-state index in [1.807, 2.05) is 0 Å². The summed E-state index contributed by atoms with van der Waals surface area (Å²) in [6.07, 6.45) is 0. The minimum atomic E-state index is -4.21. The number of rotatable bonds is 3. The Kier molecular flexibility index (Phi) is 4.07. The molecule has 0 amide bonds. The zero-order chi connectivity index (χ0) is 15.9. The third-order valence-electron chi connectivity index (χ3n) is 2.98. The van der Waals surface area contributed by atoms with Crippen LogP contribution in [0.4, 0.5) is 14.5 Å². The SMILES string of the molecule is Cc1nn(C)c(C)c1NS(=O)(=O)c1c(F)cc(F)cc1Br. The summed E-state index contributed by atoms with van der Waals surface area (Å²) >= 11 is 2.87. The highest BCUT2D eigenvalue weighted by atomic mass is 79.9. The highest BCUT2D eigenvalue weighted by molar-refractivity contribution is 9.10. The molecule has 114 valence electrons. The number of aromatic nitrogens is 2. The molecule has 5 nitrogen and oxygen atoms in total. The summed E-state index contributed by atoms with van der Waals surface area (Å²) in [4.78, 5) is -0.647. The number of hydrogen-bond acceptors (Lipinski definition) is 3. The van der Waals surface area contributed by atoms with Crippen molar-refractivity contribution >= 4 is 31.6 Å². The molecule has 2 aromatic rings. The second-order valence-corrected chi connectivity index (χ2v) is 6.95. The highest BCUT2D eigenvalue weighted by Crippen LogP contribution is 2.29. The molecule has 0 aliphatic rings. The fourth-order valence-electron chi connectivity index (χ4n) is 1.89. The van der Waals surface area contributed by atoms with Crippen LogP contribution < -0.4 is 4.72 Å². The van der Waals surface area contributed by atoms with E-state index < -0.39 is 26.6 Å². The van der Waals surface area contributed by atoms with Crippen LogP contribution in [0.15, 0.2) is 21.5 Å². The normalized spacial score (nSPS) is 11.7. The van der Waals surface area contributed by atoms with Crippen molar-refractivity contribution in [1.29, 1.82) is 0 Å². The van der Waals surface area contributed by atoms with Crippen molar-refractivity contribution in [3.8, 4) is 0 Å². The van der Waals surface area contributed by atoms with Crippen LogP contribution in [0.25, 0.3) is 0 Å². The number of nitrogens with one attached hydrogen (secondary N) is 1. The summed E-state index contributed by atoms with van der Waals surface area (Å²) in [5, 5.41) is 4.07. The Morgan fingerprint density at radius 1 is 1.29 bits per heavy atom. The predicted molar refractivity (Wildman–Crippen MR) is 77.5 cm³/mol. The first-order chi connectivity index (χ1) is 9.63. The van der Waals surface area contributed by atoms with Gasteiger partial charge in [0.2, 0.25) is 0 Å². The molecule has 0 aliphatic heterocycles. The van der Waals surface area contributed by atoms with Gasteiger partial charge in [0.15, 0.2) is 0 Å². The summed E-state index contributed by atoms with van der Waals surface area (Å²) in [7, 11) is -2.55. The topological polar surface area (TPSA) is 64.0 Å². The Hall–Kier alpha value is -1.48. The van der Waals surface area contributed by atoms with Gasteiger partial charge in [-0.3, -0.25) is 9.40 Å². The van der Waals surface area contributed by atoms with Crippen LogP contribution in [0.3, 0.4) is 0 Å². The quantitative estimate of drug-likeness (QED) is 0.891. The molecule has 1 aromatic carbocycles. The number of aryl methyl sites for hydroxylation is 2. The molecule has 0 saturated heterocycles. The molecule has 0 bridgehead atoms. The van der Waals surface area contributed by atoms with Crippen LogP contribution in [-0.4, -0.2) is 18.2 Å². The Labute approximate surface area is 129 Å². The second-order valence-electron chi connectivity index (χ2n) is 4.47. The molecular weight excluding hydrogens is 368 g/mol. The molecule has 9 heteroatoms. The van der Waals surface area contributed by atoms with Crippen molar-refractivity contribution in [2.45, 2.75) is 18.7 Å². The number of hydrogen-bond donors (Lipinski definition) is 1. The van der Waals surface area contributed by atoms with Gasteiger partial charge in [-0.05, 0) is 35.8 Å². The Morgan fingerprint density at radius 3 is 2.38 bits per heavy atom. The molecule has 2 rings (SSSR count). The third-order valence-corrected chi connectivity index (χ3v) is 5.29. The third kappa shape index (κ3) is 2.93. The van der Waals surface area contributed by atoms with Gasteiger partial charge in [-0.2, -0.15) is 5.10 Å². The lowest BCUT2D eigenvalue weighted by molar-refractivity contribution is 0.548. The lowest BCUT2D eigenvalue weighted by atomic mass is 10.3. The molecule has 0 radical (unpaired) electrons. The van der Waals surface area contributed by atoms with Gasteiger partial charge in [0.1, 0.15) is 16.5 Å². The summed E-state index contributed by atoms with van der Waals surface area (Å²) in [6.45, 7) is 3.30. The average molecular weight is 380 g/mol.